The highest BCUT2D eigenvalue weighted by molar-refractivity contribution is 7.15. The number of halogens is 3. The van der Waals surface area contributed by atoms with Gasteiger partial charge in [-0.2, -0.15) is 13.2 Å². The fourth-order valence-electron chi connectivity index (χ4n) is 2.14. The molecule has 0 atom stereocenters. The van der Waals surface area contributed by atoms with E-state index in [-0.39, 0.29) is 5.56 Å². The summed E-state index contributed by atoms with van der Waals surface area (Å²) in [5.41, 5.74) is -0.460. The van der Waals surface area contributed by atoms with Crippen LogP contribution in [0.5, 0.6) is 0 Å². The van der Waals surface area contributed by atoms with E-state index in [2.05, 4.69) is 15.5 Å². The lowest BCUT2D eigenvalue weighted by Crippen LogP contribution is -2.14. The van der Waals surface area contributed by atoms with E-state index in [1.54, 1.807) is 19.9 Å². The molecule has 130 valence electrons. The van der Waals surface area contributed by atoms with Crippen molar-refractivity contribution in [2.75, 3.05) is 5.32 Å². The summed E-state index contributed by atoms with van der Waals surface area (Å²) >= 11 is 1.33. The molecule has 9 heteroatoms. The van der Waals surface area contributed by atoms with Crippen LogP contribution in [-0.2, 0) is 6.18 Å². The van der Waals surface area contributed by atoms with Crippen LogP contribution in [0.3, 0.4) is 0 Å². The van der Waals surface area contributed by atoms with Crippen molar-refractivity contribution < 1.29 is 22.4 Å². The number of anilines is 1. The molecule has 0 aliphatic carbocycles. The molecule has 1 N–H and O–H groups in total. The molecule has 0 saturated carbocycles. The Labute approximate surface area is 144 Å². The van der Waals surface area contributed by atoms with E-state index < -0.39 is 17.6 Å². The smallest absolute Gasteiger partial charge is 0.416 e. The Hall–Kier alpha value is -2.68. The zero-order valence-corrected chi connectivity index (χ0v) is 14.0. The molecule has 1 aromatic carbocycles. The molecular formula is C16H12F3N3O2S. The molecule has 0 spiro atoms. The van der Waals surface area contributed by atoms with Crippen LogP contribution >= 0.6 is 11.3 Å². The van der Waals surface area contributed by atoms with Crippen LogP contribution in [0.25, 0.3) is 10.8 Å². The number of benzene rings is 1. The first-order valence-electron chi connectivity index (χ1n) is 7.13. The van der Waals surface area contributed by atoms with E-state index in [1.165, 1.54) is 23.5 Å². The van der Waals surface area contributed by atoms with Gasteiger partial charge in [-0.1, -0.05) is 6.07 Å². The third-order valence-corrected chi connectivity index (χ3v) is 4.39. The van der Waals surface area contributed by atoms with E-state index in [0.717, 1.165) is 17.0 Å². The summed E-state index contributed by atoms with van der Waals surface area (Å²) in [5.74, 6) is 0.112. The van der Waals surface area contributed by atoms with Gasteiger partial charge in [0.2, 0.25) is 5.89 Å². The molecule has 2 heterocycles. The lowest BCUT2D eigenvalue weighted by atomic mass is 10.1. The van der Waals surface area contributed by atoms with Crippen molar-refractivity contribution >= 4 is 22.9 Å². The number of nitrogens with zero attached hydrogens (tertiary/aromatic N) is 2. The van der Waals surface area contributed by atoms with Crippen molar-refractivity contribution in [3.63, 3.8) is 0 Å². The predicted octanol–water partition coefficient (Wildman–Crippen LogP) is 4.69. The molecule has 0 radical (unpaired) electrons. The van der Waals surface area contributed by atoms with E-state index in [4.69, 9.17) is 4.42 Å². The minimum Gasteiger partial charge on any atom is -0.420 e. The van der Waals surface area contributed by atoms with Crippen LogP contribution in [0.15, 0.2) is 34.7 Å². The number of rotatable bonds is 3. The largest absolute Gasteiger partial charge is 0.420 e. The van der Waals surface area contributed by atoms with Gasteiger partial charge in [0.05, 0.1) is 16.1 Å². The number of carbonyl (C=O) groups excluding carboxylic acids is 1. The number of amides is 1. The van der Waals surface area contributed by atoms with Crippen LogP contribution in [-0.4, -0.2) is 16.1 Å². The van der Waals surface area contributed by atoms with Gasteiger partial charge in [-0.15, -0.1) is 21.5 Å². The van der Waals surface area contributed by atoms with Crippen molar-refractivity contribution in [2.24, 2.45) is 0 Å². The first kappa shape index (κ1) is 17.2. The standard InChI is InChI=1S/C16H12F3N3O2S/c1-8-12(7-13(25-8)15-22-21-9(2)24-15)20-14(23)10-4-3-5-11(6-10)16(17,18)19/h3-7H,1-2H3,(H,20,23). The number of thiophene rings is 1. The van der Waals surface area contributed by atoms with Gasteiger partial charge >= 0.3 is 6.18 Å². The van der Waals surface area contributed by atoms with Crippen LogP contribution in [0, 0.1) is 13.8 Å². The molecule has 0 aliphatic heterocycles. The maximum atomic E-state index is 12.8. The van der Waals surface area contributed by atoms with Crippen molar-refractivity contribution in [1.82, 2.24) is 10.2 Å². The second-order valence-corrected chi connectivity index (χ2v) is 6.50. The fraction of sp³-hybridized carbons (Fsp3) is 0.188. The van der Waals surface area contributed by atoms with Gasteiger partial charge in [0.15, 0.2) is 0 Å². The first-order valence-corrected chi connectivity index (χ1v) is 7.95. The molecule has 5 nitrogen and oxygen atoms in total. The molecule has 0 fully saturated rings. The summed E-state index contributed by atoms with van der Waals surface area (Å²) in [4.78, 5) is 13.7. The van der Waals surface area contributed by atoms with Crippen LogP contribution < -0.4 is 5.32 Å². The second-order valence-electron chi connectivity index (χ2n) is 5.24. The Bertz CT molecular complexity index is 931. The lowest BCUT2D eigenvalue weighted by molar-refractivity contribution is -0.137. The van der Waals surface area contributed by atoms with E-state index in [9.17, 15) is 18.0 Å². The lowest BCUT2D eigenvalue weighted by Gasteiger charge is -2.09. The van der Waals surface area contributed by atoms with Crippen LogP contribution in [0.1, 0.15) is 26.7 Å². The average Bonchev–Trinajstić information content (AvgIpc) is 3.13. The fourth-order valence-corrected chi connectivity index (χ4v) is 3.04. The normalized spacial score (nSPS) is 11.6. The Balaban J connectivity index is 1.83. The van der Waals surface area contributed by atoms with Gasteiger partial charge in [-0.3, -0.25) is 4.79 Å². The van der Waals surface area contributed by atoms with E-state index in [0.29, 0.717) is 22.3 Å². The Morgan fingerprint density at radius 2 is 1.96 bits per heavy atom. The molecular weight excluding hydrogens is 355 g/mol. The van der Waals surface area contributed by atoms with E-state index >= 15 is 0 Å². The minimum absolute atomic E-state index is 0.0735. The minimum atomic E-state index is -4.50. The quantitative estimate of drug-likeness (QED) is 0.729. The Morgan fingerprint density at radius 1 is 1.20 bits per heavy atom. The summed E-state index contributed by atoms with van der Waals surface area (Å²) < 4.78 is 43.6. The number of hydrogen-bond acceptors (Lipinski definition) is 5. The molecule has 3 rings (SSSR count). The highest BCUT2D eigenvalue weighted by atomic mass is 32.1. The highest BCUT2D eigenvalue weighted by Gasteiger charge is 2.31. The maximum Gasteiger partial charge on any atom is 0.416 e. The number of nitrogens with one attached hydrogen (secondary N) is 1. The third-order valence-electron chi connectivity index (χ3n) is 3.35. The molecule has 0 bridgehead atoms. The van der Waals surface area contributed by atoms with Crippen LogP contribution in [0.4, 0.5) is 18.9 Å². The first-order chi connectivity index (χ1) is 11.7. The number of hydrogen-bond donors (Lipinski definition) is 1. The van der Waals surface area contributed by atoms with Crippen LogP contribution in [0.2, 0.25) is 0 Å². The van der Waals surface area contributed by atoms with Crippen molar-refractivity contribution in [1.29, 1.82) is 0 Å². The third kappa shape index (κ3) is 3.71. The molecule has 0 unspecified atom stereocenters. The second kappa shape index (κ2) is 6.32. The summed E-state index contributed by atoms with van der Waals surface area (Å²) in [6.45, 7) is 3.44. The van der Waals surface area contributed by atoms with Gasteiger partial charge in [-0.25, -0.2) is 0 Å². The van der Waals surface area contributed by atoms with Crippen molar-refractivity contribution in [2.45, 2.75) is 20.0 Å². The molecule has 1 amide bonds. The SMILES string of the molecule is Cc1nnc(-c2cc(NC(=O)c3cccc(C(F)(F)F)c3)c(C)s2)o1. The zero-order chi connectivity index (χ0) is 18.2. The number of carbonyl (C=O) groups is 1. The summed E-state index contributed by atoms with van der Waals surface area (Å²) in [7, 11) is 0. The number of aryl methyl sites for hydroxylation is 2. The zero-order valence-electron chi connectivity index (χ0n) is 13.1. The van der Waals surface area contributed by atoms with Gasteiger partial charge in [0, 0.05) is 17.4 Å². The molecule has 0 aliphatic rings. The number of aromatic nitrogens is 2. The van der Waals surface area contributed by atoms with Crippen molar-refractivity contribution in [3.8, 4) is 10.8 Å². The summed E-state index contributed by atoms with van der Waals surface area (Å²) in [6, 6.07) is 5.92. The predicted molar refractivity (Wildman–Crippen MR) is 86.5 cm³/mol. The summed E-state index contributed by atoms with van der Waals surface area (Å²) in [6.07, 6.45) is -4.50. The van der Waals surface area contributed by atoms with E-state index in [1.807, 2.05) is 0 Å². The Morgan fingerprint density at radius 3 is 2.60 bits per heavy atom. The Kier molecular flexibility index (Phi) is 4.34. The molecule has 25 heavy (non-hydrogen) atoms. The molecule has 2 aromatic heterocycles. The highest BCUT2D eigenvalue weighted by Crippen LogP contribution is 2.34. The summed E-state index contributed by atoms with van der Waals surface area (Å²) in [5, 5.41) is 10.3. The topological polar surface area (TPSA) is 68.0 Å². The van der Waals surface area contributed by atoms with Gasteiger partial charge in [0.25, 0.3) is 11.8 Å². The molecule has 3 aromatic rings. The van der Waals surface area contributed by atoms with Crippen molar-refractivity contribution in [3.05, 3.63) is 52.2 Å². The average molecular weight is 367 g/mol. The van der Waals surface area contributed by atoms with Gasteiger partial charge < -0.3 is 9.73 Å². The van der Waals surface area contributed by atoms with Gasteiger partial charge in [-0.05, 0) is 31.2 Å². The maximum absolute atomic E-state index is 12.8. The number of alkyl halides is 3. The monoisotopic (exact) mass is 367 g/mol. The van der Waals surface area contributed by atoms with Gasteiger partial charge in [0.1, 0.15) is 0 Å². The molecule has 0 saturated heterocycles.